The van der Waals surface area contributed by atoms with E-state index in [4.69, 9.17) is 0 Å². The van der Waals surface area contributed by atoms with Crippen LogP contribution in [0.4, 0.5) is 0 Å². The van der Waals surface area contributed by atoms with Gasteiger partial charge in [0, 0.05) is 6.04 Å². The van der Waals surface area contributed by atoms with E-state index in [9.17, 15) is 0 Å². The van der Waals surface area contributed by atoms with Crippen molar-refractivity contribution in [1.82, 2.24) is 5.32 Å². The van der Waals surface area contributed by atoms with E-state index in [0.29, 0.717) is 6.04 Å². The van der Waals surface area contributed by atoms with Crippen molar-refractivity contribution in [2.24, 2.45) is 0 Å². The molecule has 0 bridgehead atoms. The van der Waals surface area contributed by atoms with Crippen LogP contribution in [0.2, 0.25) is 0 Å². The van der Waals surface area contributed by atoms with Gasteiger partial charge in [-0.2, -0.15) is 0 Å². The second-order valence-corrected chi connectivity index (χ2v) is 5.39. The maximum atomic E-state index is 3.49. The molecule has 1 unspecified atom stereocenters. The molecule has 18 heavy (non-hydrogen) atoms. The van der Waals surface area contributed by atoms with Crippen LogP contribution >= 0.6 is 0 Å². The molecule has 1 heteroatoms. The first kappa shape index (κ1) is 11.7. The van der Waals surface area contributed by atoms with E-state index in [1.54, 1.807) is 5.56 Å². The highest BCUT2D eigenvalue weighted by molar-refractivity contribution is 5.89. The zero-order chi connectivity index (χ0) is 12.5. The summed E-state index contributed by atoms with van der Waals surface area (Å²) < 4.78 is 0. The fourth-order valence-corrected chi connectivity index (χ4v) is 3.34. The summed E-state index contributed by atoms with van der Waals surface area (Å²) >= 11 is 0. The van der Waals surface area contributed by atoms with Gasteiger partial charge in [-0.3, -0.25) is 0 Å². The highest BCUT2D eigenvalue weighted by Crippen LogP contribution is 2.35. The Balaban J connectivity index is 2.30. The Hall–Kier alpha value is -1.34. The van der Waals surface area contributed by atoms with E-state index >= 15 is 0 Å². The van der Waals surface area contributed by atoms with E-state index in [1.807, 2.05) is 0 Å². The molecule has 1 aliphatic rings. The van der Waals surface area contributed by atoms with Gasteiger partial charge in [-0.05, 0) is 60.7 Å². The molecule has 1 N–H and O–H groups in total. The van der Waals surface area contributed by atoms with Gasteiger partial charge in [-0.25, -0.2) is 0 Å². The zero-order valence-corrected chi connectivity index (χ0v) is 11.3. The topological polar surface area (TPSA) is 12.0 Å². The predicted octanol–water partition coefficient (Wildman–Crippen LogP) is 4.14. The van der Waals surface area contributed by atoms with Crippen LogP contribution in [0.15, 0.2) is 30.3 Å². The van der Waals surface area contributed by atoms with Crippen LogP contribution in [0.1, 0.15) is 42.0 Å². The first-order chi connectivity index (χ1) is 8.81. The number of fused-ring (bicyclic) bond motifs is 3. The summed E-state index contributed by atoms with van der Waals surface area (Å²) in [7, 11) is 2.09. The smallest absolute Gasteiger partial charge is 0.0320 e. The lowest BCUT2D eigenvalue weighted by atomic mass is 9.90. The number of benzene rings is 2. The lowest BCUT2D eigenvalue weighted by Gasteiger charge is -2.20. The van der Waals surface area contributed by atoms with Crippen LogP contribution in [-0.4, -0.2) is 7.05 Å². The Morgan fingerprint density at radius 2 is 1.89 bits per heavy atom. The normalized spacial score (nSPS) is 19.6. The van der Waals surface area contributed by atoms with Gasteiger partial charge in [-0.1, -0.05) is 36.8 Å². The van der Waals surface area contributed by atoms with Gasteiger partial charge in [0.05, 0.1) is 0 Å². The Bertz CT molecular complexity index is 571. The summed E-state index contributed by atoms with van der Waals surface area (Å²) in [5.41, 5.74) is 4.52. The molecule has 1 nitrogen and oxygen atoms in total. The quantitative estimate of drug-likeness (QED) is 0.738. The average Bonchev–Trinajstić information content (AvgIpc) is 2.61. The van der Waals surface area contributed by atoms with Crippen molar-refractivity contribution < 1.29 is 0 Å². The third-order valence-corrected chi connectivity index (χ3v) is 4.29. The summed E-state index contributed by atoms with van der Waals surface area (Å²) in [5, 5.41) is 6.38. The predicted molar refractivity (Wildman–Crippen MR) is 78.0 cm³/mol. The third kappa shape index (κ3) is 1.83. The first-order valence-electron chi connectivity index (χ1n) is 6.99. The van der Waals surface area contributed by atoms with Crippen LogP contribution in [0.3, 0.4) is 0 Å². The van der Waals surface area contributed by atoms with E-state index in [2.05, 4.69) is 49.6 Å². The minimum absolute atomic E-state index is 0.533. The molecule has 0 aromatic heterocycles. The van der Waals surface area contributed by atoms with Crippen molar-refractivity contribution in [3.8, 4) is 0 Å². The molecular weight excluding hydrogens is 218 g/mol. The molecule has 1 aliphatic carbocycles. The Morgan fingerprint density at radius 3 is 2.67 bits per heavy atom. The SMILES string of the molecule is CNC1CCCCc2c1cc(C)c1ccccc21. The number of aryl methyl sites for hydroxylation is 2. The lowest BCUT2D eigenvalue weighted by molar-refractivity contribution is 0.533. The van der Waals surface area contributed by atoms with E-state index in [0.717, 1.165) is 0 Å². The Morgan fingerprint density at radius 1 is 1.11 bits per heavy atom. The Labute approximate surface area is 109 Å². The molecule has 0 saturated carbocycles. The molecule has 0 spiro atoms. The molecule has 2 aromatic rings. The first-order valence-corrected chi connectivity index (χ1v) is 6.99. The van der Waals surface area contributed by atoms with Gasteiger partial charge in [0.15, 0.2) is 0 Å². The molecule has 0 heterocycles. The molecule has 0 amide bonds. The second kappa shape index (κ2) is 4.74. The van der Waals surface area contributed by atoms with E-state index in [1.165, 1.54) is 47.6 Å². The number of rotatable bonds is 1. The molecule has 0 saturated heterocycles. The second-order valence-electron chi connectivity index (χ2n) is 5.39. The average molecular weight is 239 g/mol. The minimum atomic E-state index is 0.533. The number of nitrogens with one attached hydrogen (secondary N) is 1. The van der Waals surface area contributed by atoms with Crippen LogP contribution < -0.4 is 5.32 Å². The van der Waals surface area contributed by atoms with Crippen molar-refractivity contribution in [2.45, 2.75) is 38.6 Å². The fourth-order valence-electron chi connectivity index (χ4n) is 3.34. The summed E-state index contributed by atoms with van der Waals surface area (Å²) in [5.74, 6) is 0. The fraction of sp³-hybridized carbons (Fsp3) is 0.412. The Kier molecular flexibility index (Phi) is 3.09. The summed E-state index contributed by atoms with van der Waals surface area (Å²) in [6.07, 6.45) is 5.14. The van der Waals surface area contributed by atoms with Crippen LogP contribution in [0.5, 0.6) is 0 Å². The molecule has 0 fully saturated rings. The van der Waals surface area contributed by atoms with Crippen LogP contribution in [0, 0.1) is 6.92 Å². The van der Waals surface area contributed by atoms with E-state index < -0.39 is 0 Å². The van der Waals surface area contributed by atoms with Gasteiger partial charge >= 0.3 is 0 Å². The maximum absolute atomic E-state index is 3.49. The molecule has 0 radical (unpaired) electrons. The monoisotopic (exact) mass is 239 g/mol. The summed E-state index contributed by atoms with van der Waals surface area (Å²) in [4.78, 5) is 0. The molecule has 3 rings (SSSR count). The summed E-state index contributed by atoms with van der Waals surface area (Å²) in [6, 6.07) is 11.8. The molecule has 2 aromatic carbocycles. The van der Waals surface area contributed by atoms with Gasteiger partial charge in [0.1, 0.15) is 0 Å². The lowest BCUT2D eigenvalue weighted by Crippen LogP contribution is -2.16. The van der Waals surface area contributed by atoms with Crippen LogP contribution in [0.25, 0.3) is 10.8 Å². The van der Waals surface area contributed by atoms with Crippen LogP contribution in [-0.2, 0) is 6.42 Å². The van der Waals surface area contributed by atoms with Crippen molar-refractivity contribution in [2.75, 3.05) is 7.05 Å². The van der Waals surface area contributed by atoms with Gasteiger partial charge in [0.2, 0.25) is 0 Å². The maximum Gasteiger partial charge on any atom is 0.0320 e. The van der Waals surface area contributed by atoms with Crippen molar-refractivity contribution in [3.63, 3.8) is 0 Å². The zero-order valence-electron chi connectivity index (χ0n) is 11.3. The highest BCUT2D eigenvalue weighted by atomic mass is 14.9. The highest BCUT2D eigenvalue weighted by Gasteiger charge is 2.19. The molecule has 0 aliphatic heterocycles. The summed E-state index contributed by atoms with van der Waals surface area (Å²) in [6.45, 7) is 2.24. The van der Waals surface area contributed by atoms with Crippen molar-refractivity contribution in [1.29, 1.82) is 0 Å². The molecule has 1 atom stereocenters. The van der Waals surface area contributed by atoms with Gasteiger partial charge < -0.3 is 5.32 Å². The van der Waals surface area contributed by atoms with Gasteiger partial charge in [-0.15, -0.1) is 0 Å². The van der Waals surface area contributed by atoms with Gasteiger partial charge in [0.25, 0.3) is 0 Å². The minimum Gasteiger partial charge on any atom is -0.313 e. The standard InChI is InChI=1S/C17H21N/c1-12-11-16-15(9-5-6-10-17(16)18-2)14-8-4-3-7-13(12)14/h3-4,7-8,11,17-18H,5-6,9-10H2,1-2H3. The van der Waals surface area contributed by atoms with E-state index in [-0.39, 0.29) is 0 Å². The number of hydrogen-bond donors (Lipinski definition) is 1. The molecular formula is C17H21N. The number of hydrogen-bond acceptors (Lipinski definition) is 1. The molecule has 94 valence electrons. The van der Waals surface area contributed by atoms with Crippen molar-refractivity contribution >= 4 is 10.8 Å². The largest absolute Gasteiger partial charge is 0.313 e. The van der Waals surface area contributed by atoms with Crippen molar-refractivity contribution in [3.05, 3.63) is 47.0 Å². The third-order valence-electron chi connectivity index (χ3n) is 4.29.